The number of carboxylic acid groups (broad SMARTS) is 1. The maximum absolute atomic E-state index is 11.4. The zero-order chi connectivity index (χ0) is 11.3. The Morgan fingerprint density at radius 3 is 2.53 bits per heavy atom. The number of carbonyl (C=O) groups excluding carboxylic acids is 1. The molecule has 1 N–H and O–H groups in total. The smallest absolute Gasteiger partial charge is 0.329 e. The number of nitrogens with zero attached hydrogens (tertiary/aromatic N) is 1. The first kappa shape index (κ1) is 12.0. The van der Waals surface area contributed by atoms with Crippen LogP contribution in [0.2, 0.25) is 0 Å². The van der Waals surface area contributed by atoms with E-state index in [1.165, 1.54) is 19.3 Å². The molecule has 5 nitrogen and oxygen atoms in total. The van der Waals surface area contributed by atoms with Gasteiger partial charge in [-0.15, -0.1) is 0 Å². The highest BCUT2D eigenvalue weighted by Gasteiger charge is 2.21. The summed E-state index contributed by atoms with van der Waals surface area (Å²) in [7, 11) is 1.73. The highest BCUT2D eigenvalue weighted by molar-refractivity contribution is 5.77. The molecule has 1 rings (SSSR count). The molecule has 0 aliphatic heterocycles. The minimum absolute atomic E-state index is 0.143. The molecule has 0 atom stereocenters. The molecule has 0 aromatic carbocycles. The largest absolute Gasteiger partial charge is 0.480 e. The van der Waals surface area contributed by atoms with Crippen molar-refractivity contribution in [3.8, 4) is 0 Å². The van der Waals surface area contributed by atoms with E-state index in [-0.39, 0.29) is 12.5 Å². The molecule has 0 radical (unpaired) electrons. The van der Waals surface area contributed by atoms with Gasteiger partial charge in [-0.3, -0.25) is 4.79 Å². The second kappa shape index (κ2) is 5.70. The number of rotatable bonds is 6. The quantitative estimate of drug-likeness (QED) is 0.694. The van der Waals surface area contributed by atoms with E-state index < -0.39 is 12.6 Å². The SMILES string of the molecule is CN(CC1CCC1)C(=O)COCC(=O)O. The van der Waals surface area contributed by atoms with Gasteiger partial charge in [0.15, 0.2) is 0 Å². The van der Waals surface area contributed by atoms with Crippen molar-refractivity contribution in [2.45, 2.75) is 19.3 Å². The average Bonchev–Trinajstić information content (AvgIpc) is 2.10. The van der Waals surface area contributed by atoms with Gasteiger partial charge in [-0.25, -0.2) is 4.79 Å². The monoisotopic (exact) mass is 215 g/mol. The molecule has 86 valence electrons. The second-order valence-corrected chi connectivity index (χ2v) is 3.96. The lowest BCUT2D eigenvalue weighted by Gasteiger charge is -2.30. The Bertz CT molecular complexity index is 238. The van der Waals surface area contributed by atoms with Crippen molar-refractivity contribution in [3.63, 3.8) is 0 Å². The summed E-state index contributed by atoms with van der Waals surface area (Å²) in [5.74, 6) is -0.578. The van der Waals surface area contributed by atoms with Crippen LogP contribution in [0.15, 0.2) is 0 Å². The van der Waals surface area contributed by atoms with Crippen LogP contribution >= 0.6 is 0 Å². The van der Waals surface area contributed by atoms with E-state index in [0.717, 1.165) is 6.54 Å². The molecular formula is C10H17NO4. The number of hydrogen-bond donors (Lipinski definition) is 1. The summed E-state index contributed by atoms with van der Waals surface area (Å²) in [5.41, 5.74) is 0. The van der Waals surface area contributed by atoms with Crippen LogP contribution in [0.1, 0.15) is 19.3 Å². The highest BCUT2D eigenvalue weighted by atomic mass is 16.5. The summed E-state index contributed by atoms with van der Waals surface area (Å²) in [4.78, 5) is 23.2. The van der Waals surface area contributed by atoms with E-state index in [1.54, 1.807) is 11.9 Å². The molecule has 1 aliphatic rings. The summed E-state index contributed by atoms with van der Waals surface area (Å²) in [5, 5.41) is 8.31. The first-order chi connectivity index (χ1) is 7.09. The summed E-state index contributed by atoms with van der Waals surface area (Å²) in [6.07, 6.45) is 3.63. The van der Waals surface area contributed by atoms with Crippen LogP contribution in [0.5, 0.6) is 0 Å². The van der Waals surface area contributed by atoms with E-state index in [9.17, 15) is 9.59 Å². The lowest BCUT2D eigenvalue weighted by molar-refractivity contribution is -0.145. The predicted molar refractivity (Wildman–Crippen MR) is 53.4 cm³/mol. The summed E-state index contributed by atoms with van der Waals surface area (Å²) in [6.45, 7) is 0.202. The van der Waals surface area contributed by atoms with Gasteiger partial charge >= 0.3 is 5.97 Å². The van der Waals surface area contributed by atoms with Crippen LogP contribution in [0.25, 0.3) is 0 Å². The van der Waals surface area contributed by atoms with Crippen LogP contribution in [-0.4, -0.2) is 48.7 Å². The van der Waals surface area contributed by atoms with Crippen LogP contribution in [-0.2, 0) is 14.3 Å². The third-order valence-electron chi connectivity index (χ3n) is 2.63. The van der Waals surface area contributed by atoms with Crippen LogP contribution in [0, 0.1) is 5.92 Å². The predicted octanol–water partition coefficient (Wildman–Crippen LogP) is 0.346. The van der Waals surface area contributed by atoms with E-state index in [0.29, 0.717) is 5.92 Å². The van der Waals surface area contributed by atoms with Crippen LogP contribution in [0.4, 0.5) is 0 Å². The molecule has 0 saturated heterocycles. The molecule has 5 heteroatoms. The Kier molecular flexibility index (Phi) is 4.55. The van der Waals surface area contributed by atoms with Gasteiger partial charge in [-0.05, 0) is 18.8 Å². The highest BCUT2D eigenvalue weighted by Crippen LogP contribution is 2.26. The Labute approximate surface area is 89.0 Å². The number of carbonyl (C=O) groups is 2. The molecule has 0 bridgehead atoms. The molecule has 0 unspecified atom stereocenters. The van der Waals surface area contributed by atoms with Gasteiger partial charge < -0.3 is 14.7 Å². The fourth-order valence-electron chi connectivity index (χ4n) is 1.50. The van der Waals surface area contributed by atoms with Crippen LogP contribution in [0.3, 0.4) is 0 Å². The molecule has 0 spiro atoms. The Balaban J connectivity index is 2.11. The van der Waals surface area contributed by atoms with Crippen molar-refractivity contribution < 1.29 is 19.4 Å². The standard InChI is InChI=1S/C10H17NO4/c1-11(5-8-3-2-4-8)9(12)6-15-7-10(13)14/h8H,2-7H2,1H3,(H,13,14). The Hall–Kier alpha value is -1.10. The number of carboxylic acids is 1. The zero-order valence-electron chi connectivity index (χ0n) is 8.94. The first-order valence-corrected chi connectivity index (χ1v) is 5.13. The minimum atomic E-state index is -1.05. The topological polar surface area (TPSA) is 66.8 Å². The first-order valence-electron chi connectivity index (χ1n) is 5.13. The number of aliphatic carboxylic acids is 1. The Morgan fingerprint density at radius 1 is 1.40 bits per heavy atom. The van der Waals surface area contributed by atoms with Crippen molar-refractivity contribution in [1.82, 2.24) is 4.90 Å². The van der Waals surface area contributed by atoms with Gasteiger partial charge in [0.25, 0.3) is 0 Å². The molecule has 0 aromatic rings. The summed E-state index contributed by atoms with van der Waals surface area (Å²) in [6, 6.07) is 0. The molecule has 0 heterocycles. The zero-order valence-corrected chi connectivity index (χ0v) is 8.94. The second-order valence-electron chi connectivity index (χ2n) is 3.96. The van der Waals surface area contributed by atoms with E-state index >= 15 is 0 Å². The van der Waals surface area contributed by atoms with Crippen molar-refractivity contribution in [3.05, 3.63) is 0 Å². The third kappa shape index (κ3) is 4.29. The van der Waals surface area contributed by atoms with E-state index in [4.69, 9.17) is 9.84 Å². The lowest BCUT2D eigenvalue weighted by Crippen LogP contribution is -2.36. The molecule has 0 aromatic heterocycles. The molecule has 1 saturated carbocycles. The van der Waals surface area contributed by atoms with Gasteiger partial charge in [0.2, 0.25) is 5.91 Å². The molecular weight excluding hydrogens is 198 g/mol. The van der Waals surface area contributed by atoms with Crippen molar-refractivity contribution in [2.24, 2.45) is 5.92 Å². The number of amides is 1. The van der Waals surface area contributed by atoms with Crippen molar-refractivity contribution in [1.29, 1.82) is 0 Å². The molecule has 1 fully saturated rings. The van der Waals surface area contributed by atoms with Gasteiger partial charge in [-0.2, -0.15) is 0 Å². The number of likely N-dealkylation sites (N-methyl/N-ethyl adjacent to an activating group) is 1. The van der Waals surface area contributed by atoms with Crippen molar-refractivity contribution >= 4 is 11.9 Å². The summed E-state index contributed by atoms with van der Waals surface area (Å²) >= 11 is 0. The molecule has 15 heavy (non-hydrogen) atoms. The average molecular weight is 215 g/mol. The number of hydrogen-bond acceptors (Lipinski definition) is 3. The number of ether oxygens (including phenoxy) is 1. The normalized spacial score (nSPS) is 15.8. The van der Waals surface area contributed by atoms with Gasteiger partial charge in [0.05, 0.1) is 0 Å². The summed E-state index contributed by atoms with van der Waals surface area (Å²) < 4.78 is 4.72. The Morgan fingerprint density at radius 2 is 2.07 bits per heavy atom. The molecule has 1 amide bonds. The van der Waals surface area contributed by atoms with E-state index in [1.807, 2.05) is 0 Å². The van der Waals surface area contributed by atoms with Crippen molar-refractivity contribution in [2.75, 3.05) is 26.8 Å². The maximum atomic E-state index is 11.4. The van der Waals surface area contributed by atoms with E-state index in [2.05, 4.69) is 0 Å². The maximum Gasteiger partial charge on any atom is 0.329 e. The molecule has 1 aliphatic carbocycles. The van der Waals surface area contributed by atoms with Crippen LogP contribution < -0.4 is 0 Å². The fourth-order valence-corrected chi connectivity index (χ4v) is 1.50. The fraction of sp³-hybridized carbons (Fsp3) is 0.800. The lowest BCUT2D eigenvalue weighted by atomic mass is 9.85. The van der Waals surface area contributed by atoms with Gasteiger partial charge in [0.1, 0.15) is 13.2 Å². The van der Waals surface area contributed by atoms with Gasteiger partial charge in [-0.1, -0.05) is 6.42 Å². The minimum Gasteiger partial charge on any atom is -0.480 e. The van der Waals surface area contributed by atoms with Gasteiger partial charge in [0, 0.05) is 13.6 Å². The third-order valence-corrected chi connectivity index (χ3v) is 2.63.